The number of pyridine rings is 1. The first-order chi connectivity index (χ1) is 10.2. The molecule has 21 heavy (non-hydrogen) atoms. The van der Waals surface area contributed by atoms with Gasteiger partial charge in [0, 0.05) is 29.4 Å². The van der Waals surface area contributed by atoms with Crippen molar-refractivity contribution in [2.75, 3.05) is 0 Å². The number of hydrogen-bond acceptors (Lipinski definition) is 3. The summed E-state index contributed by atoms with van der Waals surface area (Å²) in [6, 6.07) is 9.96. The number of halogens is 2. The van der Waals surface area contributed by atoms with Gasteiger partial charge in [-0.25, -0.2) is 0 Å². The fourth-order valence-electron chi connectivity index (χ4n) is 2.08. The first kappa shape index (κ1) is 14.6. The van der Waals surface area contributed by atoms with Crippen LogP contribution in [0.4, 0.5) is 0 Å². The molecule has 1 N–H and O–H groups in total. The van der Waals surface area contributed by atoms with Crippen LogP contribution in [-0.2, 0) is 13.2 Å². The number of hydrogen-bond donors (Lipinski definition) is 1. The molecule has 5 heteroatoms. The van der Waals surface area contributed by atoms with E-state index < -0.39 is 0 Å². The van der Waals surface area contributed by atoms with E-state index in [1.807, 2.05) is 24.3 Å². The lowest BCUT2D eigenvalue weighted by atomic mass is 10.2. The van der Waals surface area contributed by atoms with Crippen LogP contribution in [0.1, 0.15) is 24.1 Å². The van der Waals surface area contributed by atoms with Gasteiger partial charge in [0.2, 0.25) is 0 Å². The lowest BCUT2D eigenvalue weighted by Gasteiger charge is -2.14. The molecule has 3 rings (SSSR count). The van der Waals surface area contributed by atoms with Crippen LogP contribution >= 0.6 is 23.2 Å². The summed E-state index contributed by atoms with van der Waals surface area (Å²) in [6.45, 7) is 1.10. The number of nitrogens with one attached hydrogen (secondary N) is 1. The Hall–Kier alpha value is -1.29. The van der Waals surface area contributed by atoms with Gasteiger partial charge in [-0.2, -0.15) is 0 Å². The predicted molar refractivity (Wildman–Crippen MR) is 84.9 cm³/mol. The number of benzene rings is 1. The van der Waals surface area contributed by atoms with Gasteiger partial charge >= 0.3 is 0 Å². The summed E-state index contributed by atoms with van der Waals surface area (Å²) in [6.07, 6.45) is 4.22. The van der Waals surface area contributed by atoms with Gasteiger partial charge < -0.3 is 10.1 Å². The maximum Gasteiger partial charge on any atom is 0.143 e. The van der Waals surface area contributed by atoms with Crippen molar-refractivity contribution >= 4 is 23.2 Å². The van der Waals surface area contributed by atoms with Crippen molar-refractivity contribution in [1.29, 1.82) is 0 Å². The molecule has 0 radical (unpaired) electrons. The van der Waals surface area contributed by atoms with Crippen LogP contribution in [0.25, 0.3) is 0 Å². The average molecular weight is 323 g/mol. The largest absolute Gasteiger partial charge is 0.485 e. The van der Waals surface area contributed by atoms with Crippen LogP contribution in [0.2, 0.25) is 10.0 Å². The molecule has 0 amide bonds. The molecule has 0 aliphatic heterocycles. The second kappa shape index (κ2) is 6.65. The molecule has 0 saturated heterocycles. The highest BCUT2D eigenvalue weighted by Crippen LogP contribution is 2.33. The van der Waals surface area contributed by atoms with E-state index in [9.17, 15) is 0 Å². The van der Waals surface area contributed by atoms with Crippen molar-refractivity contribution in [1.82, 2.24) is 10.3 Å². The minimum Gasteiger partial charge on any atom is -0.485 e. The lowest BCUT2D eigenvalue weighted by Crippen LogP contribution is -2.16. The van der Waals surface area contributed by atoms with Crippen LogP contribution in [0.15, 0.2) is 36.5 Å². The molecule has 1 heterocycles. The third-order valence-electron chi connectivity index (χ3n) is 3.33. The number of rotatable bonds is 6. The average Bonchev–Trinajstić information content (AvgIpc) is 3.29. The van der Waals surface area contributed by atoms with Crippen molar-refractivity contribution in [3.8, 4) is 5.75 Å². The lowest BCUT2D eigenvalue weighted by molar-refractivity contribution is 0.297. The van der Waals surface area contributed by atoms with Crippen LogP contribution in [0, 0.1) is 0 Å². The minimum absolute atomic E-state index is 0.388. The van der Waals surface area contributed by atoms with Crippen LogP contribution in [0.3, 0.4) is 0 Å². The summed E-state index contributed by atoms with van der Waals surface area (Å²) >= 11 is 12.4. The number of aromatic nitrogens is 1. The zero-order chi connectivity index (χ0) is 14.7. The Labute approximate surface area is 134 Å². The Morgan fingerprint density at radius 3 is 2.81 bits per heavy atom. The fraction of sp³-hybridized carbons (Fsp3) is 0.312. The van der Waals surface area contributed by atoms with E-state index in [2.05, 4.69) is 10.3 Å². The Morgan fingerprint density at radius 1 is 1.24 bits per heavy atom. The van der Waals surface area contributed by atoms with Crippen LogP contribution < -0.4 is 10.1 Å². The van der Waals surface area contributed by atoms with Gasteiger partial charge in [-0.3, -0.25) is 4.98 Å². The minimum atomic E-state index is 0.388. The van der Waals surface area contributed by atoms with Crippen LogP contribution in [-0.4, -0.2) is 11.0 Å². The Bertz CT molecular complexity index is 615. The smallest absolute Gasteiger partial charge is 0.143 e. The Kier molecular flexibility index (Phi) is 4.63. The van der Waals surface area contributed by atoms with Gasteiger partial charge in [0.25, 0.3) is 0 Å². The standard InChI is InChI=1S/C16H16Cl2N2O/c17-12-7-11(9-20-13-4-5-13)16(15(18)8-12)21-10-14-3-1-2-6-19-14/h1-3,6-8,13,20H,4-5,9-10H2. The van der Waals surface area contributed by atoms with Gasteiger partial charge in [0.1, 0.15) is 12.4 Å². The van der Waals surface area contributed by atoms with Crippen molar-refractivity contribution < 1.29 is 4.74 Å². The molecule has 0 bridgehead atoms. The zero-order valence-electron chi connectivity index (χ0n) is 11.5. The van der Waals surface area contributed by atoms with Crippen LogP contribution in [0.5, 0.6) is 5.75 Å². The normalized spacial score (nSPS) is 14.2. The summed E-state index contributed by atoms with van der Waals surface area (Å²) in [5.74, 6) is 0.680. The first-order valence-electron chi connectivity index (χ1n) is 6.96. The van der Waals surface area contributed by atoms with Crippen molar-refractivity contribution in [3.63, 3.8) is 0 Å². The van der Waals surface area contributed by atoms with E-state index in [0.717, 1.165) is 11.3 Å². The van der Waals surface area contributed by atoms with Crippen molar-refractivity contribution in [2.45, 2.75) is 32.0 Å². The second-order valence-electron chi connectivity index (χ2n) is 5.14. The van der Waals surface area contributed by atoms with E-state index in [4.69, 9.17) is 27.9 Å². The van der Waals surface area contributed by atoms with Gasteiger partial charge in [-0.1, -0.05) is 29.3 Å². The van der Waals surface area contributed by atoms with Gasteiger partial charge in [-0.15, -0.1) is 0 Å². The van der Waals surface area contributed by atoms with E-state index in [-0.39, 0.29) is 0 Å². The molecule has 1 aromatic carbocycles. The molecule has 3 nitrogen and oxygen atoms in total. The highest BCUT2D eigenvalue weighted by molar-refractivity contribution is 6.35. The van der Waals surface area contributed by atoms with E-state index in [0.29, 0.717) is 35.0 Å². The highest BCUT2D eigenvalue weighted by atomic mass is 35.5. The SMILES string of the molecule is Clc1cc(Cl)c(OCc2ccccn2)c(CNC2CC2)c1. The Morgan fingerprint density at radius 2 is 2.10 bits per heavy atom. The molecule has 1 fully saturated rings. The molecular formula is C16H16Cl2N2O. The first-order valence-corrected chi connectivity index (χ1v) is 7.72. The monoisotopic (exact) mass is 322 g/mol. The summed E-state index contributed by atoms with van der Waals surface area (Å²) in [7, 11) is 0. The molecule has 1 aromatic heterocycles. The fourth-order valence-corrected chi connectivity index (χ4v) is 2.67. The maximum atomic E-state index is 6.27. The number of ether oxygens (including phenoxy) is 1. The zero-order valence-corrected chi connectivity index (χ0v) is 13.0. The van der Waals surface area contributed by atoms with Gasteiger partial charge in [-0.05, 0) is 37.1 Å². The van der Waals surface area contributed by atoms with Crippen molar-refractivity contribution in [3.05, 3.63) is 57.8 Å². The van der Waals surface area contributed by atoms with Gasteiger partial charge in [0.05, 0.1) is 10.7 Å². The molecule has 0 atom stereocenters. The second-order valence-corrected chi connectivity index (χ2v) is 5.98. The third-order valence-corrected chi connectivity index (χ3v) is 3.83. The van der Waals surface area contributed by atoms with Gasteiger partial charge in [0.15, 0.2) is 0 Å². The summed E-state index contributed by atoms with van der Waals surface area (Å²) < 4.78 is 5.87. The topological polar surface area (TPSA) is 34.1 Å². The van der Waals surface area contributed by atoms with E-state index in [1.54, 1.807) is 12.3 Å². The van der Waals surface area contributed by atoms with E-state index in [1.165, 1.54) is 12.8 Å². The molecular weight excluding hydrogens is 307 g/mol. The summed E-state index contributed by atoms with van der Waals surface area (Å²) in [4.78, 5) is 4.25. The molecule has 2 aromatic rings. The summed E-state index contributed by atoms with van der Waals surface area (Å²) in [5, 5.41) is 4.61. The molecule has 1 saturated carbocycles. The molecule has 1 aliphatic carbocycles. The molecule has 0 unspecified atom stereocenters. The predicted octanol–water partition coefficient (Wildman–Crippen LogP) is 4.22. The maximum absolute atomic E-state index is 6.27. The molecule has 0 spiro atoms. The quantitative estimate of drug-likeness (QED) is 0.864. The molecule has 1 aliphatic rings. The van der Waals surface area contributed by atoms with E-state index >= 15 is 0 Å². The molecule has 110 valence electrons. The summed E-state index contributed by atoms with van der Waals surface area (Å²) in [5.41, 5.74) is 1.85. The Balaban J connectivity index is 1.74. The van der Waals surface area contributed by atoms with Crippen molar-refractivity contribution in [2.24, 2.45) is 0 Å². The number of nitrogens with zero attached hydrogens (tertiary/aromatic N) is 1. The third kappa shape index (κ3) is 4.10. The highest BCUT2D eigenvalue weighted by Gasteiger charge is 2.21.